The van der Waals surface area contributed by atoms with Crippen LogP contribution < -0.4 is 10.6 Å². The molecule has 0 aliphatic carbocycles. The van der Waals surface area contributed by atoms with Gasteiger partial charge in [0.25, 0.3) is 0 Å². The third-order valence-corrected chi connectivity index (χ3v) is 3.44. The summed E-state index contributed by atoms with van der Waals surface area (Å²) in [5.74, 6) is 2.67. The van der Waals surface area contributed by atoms with Crippen molar-refractivity contribution in [1.82, 2.24) is 9.97 Å². The van der Waals surface area contributed by atoms with E-state index in [2.05, 4.69) is 44.5 Å². The smallest absolute Gasteiger partial charge is 0.135 e. The summed E-state index contributed by atoms with van der Waals surface area (Å²) in [6.45, 7) is 11.9. The fourth-order valence-corrected chi connectivity index (χ4v) is 1.99. The predicted molar refractivity (Wildman–Crippen MR) is 82.5 cm³/mol. The zero-order chi connectivity index (χ0) is 14.4. The highest BCUT2D eigenvalue weighted by molar-refractivity contribution is 5.48. The van der Waals surface area contributed by atoms with Crippen molar-refractivity contribution in [1.29, 1.82) is 0 Å². The van der Waals surface area contributed by atoms with Crippen molar-refractivity contribution >= 4 is 11.6 Å². The Kier molecular flexibility index (Phi) is 6.06. The van der Waals surface area contributed by atoms with E-state index in [1.807, 2.05) is 6.07 Å². The highest BCUT2D eigenvalue weighted by Crippen LogP contribution is 2.21. The van der Waals surface area contributed by atoms with Crippen molar-refractivity contribution in [3.8, 4) is 0 Å². The molecular weight excluding hydrogens is 236 g/mol. The summed E-state index contributed by atoms with van der Waals surface area (Å²) in [6, 6.07) is 2.37. The summed E-state index contributed by atoms with van der Waals surface area (Å²) in [4.78, 5) is 11.4. The number of aromatic nitrogens is 2. The second-order valence-electron chi connectivity index (χ2n) is 5.47. The third kappa shape index (κ3) is 4.37. The molecule has 0 aliphatic rings. The normalized spacial score (nSPS) is 12.7. The van der Waals surface area contributed by atoms with Crippen molar-refractivity contribution in [2.24, 2.45) is 0 Å². The predicted octanol–water partition coefficient (Wildman–Crippen LogP) is 3.59. The average Bonchev–Trinajstić information content (AvgIpc) is 2.38. The van der Waals surface area contributed by atoms with Gasteiger partial charge in [-0.15, -0.1) is 0 Å². The van der Waals surface area contributed by atoms with Crippen LogP contribution in [0.5, 0.6) is 0 Å². The van der Waals surface area contributed by atoms with Crippen molar-refractivity contribution in [2.75, 3.05) is 17.2 Å². The largest absolute Gasteiger partial charge is 0.384 e. The Morgan fingerprint density at radius 1 is 1.21 bits per heavy atom. The van der Waals surface area contributed by atoms with Crippen molar-refractivity contribution < 1.29 is 0 Å². The number of nitrogen functional groups attached to an aromatic ring is 1. The van der Waals surface area contributed by atoms with Gasteiger partial charge < -0.3 is 10.6 Å². The lowest BCUT2D eigenvalue weighted by atomic mass is 10.2. The molecule has 0 bridgehead atoms. The average molecular weight is 264 g/mol. The van der Waals surface area contributed by atoms with Crippen LogP contribution in [0.4, 0.5) is 11.6 Å². The minimum absolute atomic E-state index is 0.298. The molecule has 4 nitrogen and oxygen atoms in total. The number of unbranched alkanes of at least 4 members (excludes halogenated alkanes) is 1. The number of hydrogen-bond donors (Lipinski definition) is 1. The lowest BCUT2D eigenvalue weighted by Crippen LogP contribution is -2.34. The zero-order valence-electron chi connectivity index (χ0n) is 13.0. The highest BCUT2D eigenvalue weighted by Gasteiger charge is 2.16. The highest BCUT2D eigenvalue weighted by atomic mass is 15.2. The van der Waals surface area contributed by atoms with Crippen molar-refractivity contribution in [3.05, 3.63) is 11.9 Å². The van der Waals surface area contributed by atoms with Crippen LogP contribution in [-0.2, 0) is 0 Å². The molecule has 2 N–H and O–H groups in total. The second kappa shape index (κ2) is 7.31. The van der Waals surface area contributed by atoms with Gasteiger partial charge in [-0.25, -0.2) is 9.97 Å². The third-order valence-electron chi connectivity index (χ3n) is 3.44. The quantitative estimate of drug-likeness (QED) is 0.817. The number of nitrogens with two attached hydrogens (primary N) is 1. The van der Waals surface area contributed by atoms with Crippen LogP contribution in [0.15, 0.2) is 6.07 Å². The Bertz CT molecular complexity index is 390. The summed E-state index contributed by atoms with van der Waals surface area (Å²) in [7, 11) is 0. The van der Waals surface area contributed by atoms with Crippen LogP contribution in [-0.4, -0.2) is 22.6 Å². The minimum Gasteiger partial charge on any atom is -0.384 e. The lowest BCUT2D eigenvalue weighted by molar-refractivity contribution is 0.586. The van der Waals surface area contributed by atoms with Gasteiger partial charge in [0.05, 0.1) is 0 Å². The molecule has 0 aromatic carbocycles. The molecule has 19 heavy (non-hydrogen) atoms. The summed E-state index contributed by atoms with van der Waals surface area (Å²) < 4.78 is 0. The van der Waals surface area contributed by atoms with Gasteiger partial charge in [0.1, 0.15) is 17.5 Å². The zero-order valence-corrected chi connectivity index (χ0v) is 13.0. The van der Waals surface area contributed by atoms with Gasteiger partial charge in [-0.05, 0) is 19.8 Å². The molecule has 0 fully saturated rings. The maximum Gasteiger partial charge on any atom is 0.135 e. The van der Waals surface area contributed by atoms with E-state index in [1.54, 1.807) is 0 Å². The fourth-order valence-electron chi connectivity index (χ4n) is 1.99. The SMILES string of the molecule is CCCCN(c1cc(N)nc(C(C)C)n1)C(C)CC. The Balaban J connectivity index is 3.06. The van der Waals surface area contributed by atoms with Crippen LogP contribution in [0.25, 0.3) is 0 Å². The summed E-state index contributed by atoms with van der Waals surface area (Å²) in [6.07, 6.45) is 3.46. The molecule has 1 rings (SSSR count). The Hall–Kier alpha value is -1.32. The number of anilines is 2. The number of nitrogens with zero attached hydrogens (tertiary/aromatic N) is 3. The lowest BCUT2D eigenvalue weighted by Gasteiger charge is -2.30. The molecule has 1 unspecified atom stereocenters. The molecule has 1 atom stereocenters. The van der Waals surface area contributed by atoms with Crippen LogP contribution in [0, 0.1) is 0 Å². The maximum absolute atomic E-state index is 5.93. The second-order valence-corrected chi connectivity index (χ2v) is 5.47. The van der Waals surface area contributed by atoms with E-state index < -0.39 is 0 Å². The molecule has 0 spiro atoms. The van der Waals surface area contributed by atoms with Crippen LogP contribution in [0.3, 0.4) is 0 Å². The Labute approximate surface area is 117 Å². The molecule has 0 amide bonds. The first kappa shape index (κ1) is 15.7. The van der Waals surface area contributed by atoms with E-state index in [-0.39, 0.29) is 0 Å². The van der Waals surface area contributed by atoms with E-state index in [0.29, 0.717) is 17.8 Å². The fraction of sp³-hybridized carbons (Fsp3) is 0.733. The minimum atomic E-state index is 0.298. The summed E-state index contributed by atoms with van der Waals surface area (Å²) in [5.41, 5.74) is 5.93. The molecule has 0 radical (unpaired) electrons. The summed E-state index contributed by atoms with van der Waals surface area (Å²) in [5, 5.41) is 0. The molecular formula is C15H28N4. The van der Waals surface area contributed by atoms with Crippen LogP contribution in [0.1, 0.15) is 65.6 Å². The first-order chi connectivity index (χ1) is 8.99. The van der Waals surface area contributed by atoms with Crippen LogP contribution in [0.2, 0.25) is 0 Å². The first-order valence-corrected chi connectivity index (χ1v) is 7.40. The van der Waals surface area contributed by atoms with Gasteiger partial charge in [0, 0.05) is 24.6 Å². The van der Waals surface area contributed by atoms with Gasteiger partial charge in [-0.2, -0.15) is 0 Å². The van der Waals surface area contributed by atoms with Crippen molar-refractivity contribution in [3.63, 3.8) is 0 Å². The molecule has 1 aromatic heterocycles. The van der Waals surface area contributed by atoms with Crippen molar-refractivity contribution in [2.45, 2.75) is 65.8 Å². The van der Waals surface area contributed by atoms with Crippen LogP contribution >= 0.6 is 0 Å². The summed E-state index contributed by atoms with van der Waals surface area (Å²) >= 11 is 0. The monoisotopic (exact) mass is 264 g/mol. The Morgan fingerprint density at radius 2 is 1.89 bits per heavy atom. The van der Waals surface area contributed by atoms with E-state index in [4.69, 9.17) is 10.7 Å². The molecule has 0 saturated heterocycles. The molecule has 1 heterocycles. The number of rotatable bonds is 7. The molecule has 0 aliphatic heterocycles. The van der Waals surface area contributed by atoms with E-state index in [9.17, 15) is 0 Å². The number of hydrogen-bond acceptors (Lipinski definition) is 4. The molecule has 4 heteroatoms. The first-order valence-electron chi connectivity index (χ1n) is 7.40. The van der Waals surface area contributed by atoms with Gasteiger partial charge in [0.15, 0.2) is 0 Å². The standard InChI is InChI=1S/C15H28N4/c1-6-8-9-19(12(5)7-2)14-10-13(16)17-15(18-14)11(3)4/h10-12H,6-9H2,1-5H3,(H2,16,17,18). The van der Waals surface area contributed by atoms with E-state index in [1.165, 1.54) is 12.8 Å². The molecule has 0 saturated carbocycles. The topological polar surface area (TPSA) is 55.0 Å². The van der Waals surface area contributed by atoms with Gasteiger partial charge in [-0.1, -0.05) is 34.1 Å². The van der Waals surface area contributed by atoms with Gasteiger partial charge in [0.2, 0.25) is 0 Å². The molecule has 1 aromatic rings. The maximum atomic E-state index is 5.93. The Morgan fingerprint density at radius 3 is 2.42 bits per heavy atom. The van der Waals surface area contributed by atoms with Gasteiger partial charge >= 0.3 is 0 Å². The van der Waals surface area contributed by atoms with E-state index >= 15 is 0 Å². The van der Waals surface area contributed by atoms with Gasteiger partial charge in [-0.3, -0.25) is 0 Å². The molecule has 108 valence electrons. The van der Waals surface area contributed by atoms with E-state index in [0.717, 1.165) is 24.6 Å².